The predicted octanol–water partition coefficient (Wildman–Crippen LogP) is 2.38. The van der Waals surface area contributed by atoms with Crippen molar-refractivity contribution < 1.29 is 14.3 Å². The number of hydrogen-bond acceptors (Lipinski definition) is 4. The summed E-state index contributed by atoms with van der Waals surface area (Å²) in [7, 11) is 0. The van der Waals surface area contributed by atoms with Crippen LogP contribution in [-0.2, 0) is 13.1 Å². The molecule has 6 nitrogen and oxygen atoms in total. The van der Waals surface area contributed by atoms with Gasteiger partial charge in [0.2, 0.25) is 0 Å². The van der Waals surface area contributed by atoms with Crippen molar-refractivity contribution in [1.82, 2.24) is 10.6 Å². The number of amides is 2. The first-order valence-electron chi connectivity index (χ1n) is 7.87. The van der Waals surface area contributed by atoms with E-state index < -0.39 is 0 Å². The lowest BCUT2D eigenvalue weighted by Crippen LogP contribution is -2.37. The Bertz CT molecular complexity index is 661. The maximum atomic E-state index is 11.8. The van der Waals surface area contributed by atoms with Crippen LogP contribution in [0.15, 0.2) is 48.5 Å². The highest BCUT2D eigenvalue weighted by molar-refractivity contribution is 5.73. The summed E-state index contributed by atoms with van der Waals surface area (Å²) < 4.78 is 11.0. The van der Waals surface area contributed by atoms with Gasteiger partial charge in [-0.1, -0.05) is 36.4 Å². The topological polar surface area (TPSA) is 85.6 Å². The van der Waals surface area contributed by atoms with Crippen molar-refractivity contribution in [1.29, 1.82) is 0 Å². The second-order valence-electron chi connectivity index (χ2n) is 5.05. The number of nitrogens with one attached hydrogen (secondary N) is 2. The van der Waals surface area contributed by atoms with Crippen molar-refractivity contribution in [3.05, 3.63) is 59.7 Å². The van der Waals surface area contributed by atoms with Gasteiger partial charge in [-0.2, -0.15) is 0 Å². The summed E-state index contributed by atoms with van der Waals surface area (Å²) >= 11 is 0. The summed E-state index contributed by atoms with van der Waals surface area (Å²) in [6.07, 6.45) is 0. The van der Waals surface area contributed by atoms with Crippen molar-refractivity contribution in [2.24, 2.45) is 5.73 Å². The lowest BCUT2D eigenvalue weighted by molar-refractivity contribution is 0.219. The highest BCUT2D eigenvalue weighted by Gasteiger charge is 2.05. The van der Waals surface area contributed by atoms with Gasteiger partial charge in [-0.3, -0.25) is 0 Å². The average Bonchev–Trinajstić information content (AvgIpc) is 2.62. The third kappa shape index (κ3) is 5.48. The van der Waals surface area contributed by atoms with Crippen LogP contribution in [0.1, 0.15) is 18.1 Å². The molecule has 0 fully saturated rings. The Morgan fingerprint density at radius 3 is 2.42 bits per heavy atom. The van der Waals surface area contributed by atoms with Crippen LogP contribution >= 0.6 is 0 Å². The van der Waals surface area contributed by atoms with E-state index in [4.69, 9.17) is 15.2 Å². The fourth-order valence-electron chi connectivity index (χ4n) is 2.13. The number of carbonyl (C=O) groups is 1. The molecule has 0 aliphatic carbocycles. The minimum absolute atomic E-state index is 0.0543. The van der Waals surface area contributed by atoms with Gasteiger partial charge in [-0.25, -0.2) is 4.79 Å². The molecule has 24 heavy (non-hydrogen) atoms. The van der Waals surface area contributed by atoms with E-state index in [2.05, 4.69) is 10.6 Å². The Balaban J connectivity index is 1.75. The fraction of sp³-hybridized carbons (Fsp3) is 0.278. The number of carbonyl (C=O) groups excluding carboxylic acids is 1. The van der Waals surface area contributed by atoms with Crippen molar-refractivity contribution in [2.75, 3.05) is 13.3 Å². The van der Waals surface area contributed by atoms with E-state index in [0.717, 1.165) is 11.1 Å². The van der Waals surface area contributed by atoms with Crippen molar-refractivity contribution in [2.45, 2.75) is 20.0 Å². The predicted molar refractivity (Wildman–Crippen MR) is 92.8 cm³/mol. The molecule has 0 radical (unpaired) electrons. The minimum atomic E-state index is -0.304. The van der Waals surface area contributed by atoms with Gasteiger partial charge < -0.3 is 25.8 Å². The molecule has 2 rings (SSSR count). The van der Waals surface area contributed by atoms with Crippen LogP contribution in [0.2, 0.25) is 0 Å². The summed E-state index contributed by atoms with van der Waals surface area (Å²) in [5.74, 6) is 1.25. The Morgan fingerprint density at radius 1 is 1.00 bits per heavy atom. The van der Waals surface area contributed by atoms with Crippen LogP contribution in [0.4, 0.5) is 4.79 Å². The van der Waals surface area contributed by atoms with Crippen LogP contribution in [0.5, 0.6) is 11.5 Å². The van der Waals surface area contributed by atoms with Crippen LogP contribution in [-0.4, -0.2) is 19.4 Å². The zero-order valence-electron chi connectivity index (χ0n) is 13.7. The van der Waals surface area contributed by atoms with Crippen molar-refractivity contribution in [3.8, 4) is 11.5 Å². The molecule has 0 bridgehead atoms. The highest BCUT2D eigenvalue weighted by atomic mass is 16.5. The number of hydrogen-bond donors (Lipinski definition) is 3. The summed E-state index contributed by atoms with van der Waals surface area (Å²) in [5.41, 5.74) is 7.63. The van der Waals surface area contributed by atoms with Crippen molar-refractivity contribution >= 4 is 6.03 Å². The van der Waals surface area contributed by atoms with E-state index in [1.165, 1.54) is 0 Å². The van der Waals surface area contributed by atoms with Crippen LogP contribution in [0.25, 0.3) is 0 Å². The number of ether oxygens (including phenoxy) is 2. The summed E-state index contributed by atoms with van der Waals surface area (Å²) in [6, 6.07) is 14.8. The summed E-state index contributed by atoms with van der Waals surface area (Å²) in [4.78, 5) is 11.8. The average molecular weight is 329 g/mol. The van der Waals surface area contributed by atoms with Gasteiger partial charge in [0.05, 0.1) is 6.61 Å². The molecule has 6 heteroatoms. The molecular weight excluding hydrogens is 306 g/mol. The Hall–Kier alpha value is -2.73. The standard InChI is InChI=1S/C18H23N3O3/c1-2-23-16-8-3-4-9-17(16)24-13-21-18(22)20-12-15-7-5-6-14(10-15)11-19/h3-10H,2,11-13,19H2,1H3,(H2,20,21,22). The van der Waals surface area contributed by atoms with Gasteiger partial charge >= 0.3 is 6.03 Å². The first-order chi connectivity index (χ1) is 11.7. The Labute approximate surface area is 142 Å². The van der Waals surface area contributed by atoms with Gasteiger partial charge in [0.1, 0.15) is 0 Å². The van der Waals surface area contributed by atoms with Crippen LogP contribution in [0.3, 0.4) is 0 Å². The lowest BCUT2D eigenvalue weighted by Gasteiger charge is -2.12. The fourth-order valence-corrected chi connectivity index (χ4v) is 2.13. The molecule has 2 aromatic rings. The molecule has 0 spiro atoms. The SMILES string of the molecule is CCOc1ccccc1OCNC(=O)NCc1cccc(CN)c1. The number of rotatable bonds is 8. The van der Waals surface area contributed by atoms with E-state index in [1.807, 2.05) is 49.4 Å². The first kappa shape index (κ1) is 17.6. The largest absolute Gasteiger partial charge is 0.490 e. The molecule has 0 aliphatic rings. The second kappa shape index (κ2) is 9.42. The van der Waals surface area contributed by atoms with Gasteiger partial charge in [0.15, 0.2) is 18.2 Å². The van der Waals surface area contributed by atoms with E-state index in [0.29, 0.717) is 31.2 Å². The van der Waals surface area contributed by atoms with E-state index in [9.17, 15) is 4.79 Å². The molecule has 0 saturated carbocycles. The molecule has 4 N–H and O–H groups in total. The molecule has 2 aromatic carbocycles. The first-order valence-corrected chi connectivity index (χ1v) is 7.87. The van der Waals surface area contributed by atoms with Crippen LogP contribution in [0, 0.1) is 0 Å². The summed E-state index contributed by atoms with van der Waals surface area (Å²) in [5, 5.41) is 5.42. The second-order valence-corrected chi connectivity index (χ2v) is 5.05. The Morgan fingerprint density at radius 2 is 1.71 bits per heavy atom. The van der Waals surface area contributed by atoms with E-state index >= 15 is 0 Å². The van der Waals surface area contributed by atoms with Gasteiger partial charge in [0.25, 0.3) is 0 Å². The number of para-hydroxylation sites is 2. The highest BCUT2D eigenvalue weighted by Crippen LogP contribution is 2.25. The molecule has 0 aromatic heterocycles. The number of nitrogens with two attached hydrogens (primary N) is 1. The molecule has 0 saturated heterocycles. The third-order valence-electron chi connectivity index (χ3n) is 3.29. The minimum Gasteiger partial charge on any atom is -0.490 e. The smallest absolute Gasteiger partial charge is 0.317 e. The molecule has 2 amide bonds. The summed E-state index contributed by atoms with van der Waals surface area (Å²) in [6.45, 7) is 3.42. The molecule has 0 heterocycles. The monoisotopic (exact) mass is 329 g/mol. The van der Waals surface area contributed by atoms with Gasteiger partial charge in [-0.15, -0.1) is 0 Å². The van der Waals surface area contributed by atoms with Gasteiger partial charge in [-0.05, 0) is 30.2 Å². The van der Waals surface area contributed by atoms with E-state index in [-0.39, 0.29) is 12.8 Å². The van der Waals surface area contributed by atoms with E-state index in [1.54, 1.807) is 6.07 Å². The van der Waals surface area contributed by atoms with Gasteiger partial charge in [0, 0.05) is 13.1 Å². The molecule has 128 valence electrons. The molecule has 0 atom stereocenters. The zero-order valence-corrected chi connectivity index (χ0v) is 13.7. The van der Waals surface area contributed by atoms with Crippen molar-refractivity contribution in [3.63, 3.8) is 0 Å². The molecular formula is C18H23N3O3. The number of urea groups is 1. The maximum absolute atomic E-state index is 11.8. The third-order valence-corrected chi connectivity index (χ3v) is 3.29. The molecule has 0 unspecified atom stereocenters. The lowest BCUT2D eigenvalue weighted by atomic mass is 10.1. The van der Waals surface area contributed by atoms with Crippen LogP contribution < -0.4 is 25.8 Å². The maximum Gasteiger partial charge on any atom is 0.317 e. The quantitative estimate of drug-likeness (QED) is 0.649. The Kier molecular flexibility index (Phi) is 6.91. The zero-order chi connectivity index (χ0) is 17.2. The molecule has 0 aliphatic heterocycles. The number of benzene rings is 2. The normalized spacial score (nSPS) is 10.1.